The molecule has 1 unspecified atom stereocenters. The van der Waals surface area contributed by atoms with E-state index in [4.69, 9.17) is 14.2 Å². The number of rotatable bonds is 4. The van der Waals surface area contributed by atoms with Gasteiger partial charge < -0.3 is 19.1 Å². The van der Waals surface area contributed by atoms with Gasteiger partial charge in [-0.2, -0.15) is 9.97 Å². The molecule has 0 radical (unpaired) electrons. The summed E-state index contributed by atoms with van der Waals surface area (Å²) in [7, 11) is 3.09. The van der Waals surface area contributed by atoms with Crippen molar-refractivity contribution in [3.63, 3.8) is 0 Å². The second-order valence-electron chi connectivity index (χ2n) is 5.50. The first kappa shape index (κ1) is 15.2. The van der Waals surface area contributed by atoms with Gasteiger partial charge >= 0.3 is 12.0 Å². The molecule has 1 aromatic heterocycles. The molecule has 0 amide bonds. The molecule has 0 aromatic carbocycles. The lowest BCUT2D eigenvalue weighted by atomic mass is 10.0. The summed E-state index contributed by atoms with van der Waals surface area (Å²) in [6.07, 6.45) is 2.33. The number of piperidine rings is 1. The number of anilines is 1. The Kier molecular flexibility index (Phi) is 4.89. The topological polar surface area (TPSA) is 72.8 Å². The van der Waals surface area contributed by atoms with Crippen molar-refractivity contribution in [2.24, 2.45) is 0 Å². The molecular formula is C14H23N5O3. The third-order valence-corrected chi connectivity index (χ3v) is 4.19. The molecule has 2 aliphatic heterocycles. The molecule has 122 valence electrons. The molecule has 0 spiro atoms. The minimum absolute atomic E-state index is 0.287. The van der Waals surface area contributed by atoms with Crippen LogP contribution in [0.2, 0.25) is 0 Å². The highest BCUT2D eigenvalue weighted by Crippen LogP contribution is 2.23. The zero-order chi connectivity index (χ0) is 15.4. The normalized spacial score (nSPS) is 23.4. The molecule has 8 heteroatoms. The van der Waals surface area contributed by atoms with Crippen molar-refractivity contribution >= 4 is 5.95 Å². The van der Waals surface area contributed by atoms with Gasteiger partial charge in [0.05, 0.1) is 27.4 Å². The minimum Gasteiger partial charge on any atom is -0.467 e. The molecule has 8 nitrogen and oxygen atoms in total. The third-order valence-electron chi connectivity index (χ3n) is 4.19. The maximum Gasteiger partial charge on any atom is 0.324 e. The summed E-state index contributed by atoms with van der Waals surface area (Å²) in [5.41, 5.74) is 0. The first-order chi connectivity index (χ1) is 10.8. The zero-order valence-corrected chi connectivity index (χ0v) is 13.2. The van der Waals surface area contributed by atoms with Crippen LogP contribution < -0.4 is 14.4 Å². The fourth-order valence-corrected chi connectivity index (χ4v) is 3.03. The largest absolute Gasteiger partial charge is 0.467 e. The van der Waals surface area contributed by atoms with E-state index in [-0.39, 0.29) is 12.0 Å². The first-order valence-electron chi connectivity index (χ1n) is 7.71. The smallest absolute Gasteiger partial charge is 0.324 e. The Morgan fingerprint density at radius 2 is 1.68 bits per heavy atom. The van der Waals surface area contributed by atoms with Crippen LogP contribution in [-0.2, 0) is 4.74 Å². The molecule has 0 bridgehead atoms. The number of morpholine rings is 1. The average Bonchev–Trinajstić information content (AvgIpc) is 2.62. The first-order valence-corrected chi connectivity index (χ1v) is 7.71. The van der Waals surface area contributed by atoms with E-state index in [1.54, 1.807) is 14.2 Å². The average molecular weight is 309 g/mol. The summed E-state index contributed by atoms with van der Waals surface area (Å²) in [6, 6.07) is 1.09. The van der Waals surface area contributed by atoms with E-state index < -0.39 is 0 Å². The highest BCUT2D eigenvalue weighted by Gasteiger charge is 2.28. The van der Waals surface area contributed by atoms with Crippen LogP contribution in [0.25, 0.3) is 0 Å². The van der Waals surface area contributed by atoms with E-state index in [1.807, 2.05) is 0 Å². The van der Waals surface area contributed by atoms with E-state index in [9.17, 15) is 0 Å². The highest BCUT2D eigenvalue weighted by molar-refractivity contribution is 5.33. The Bertz CT molecular complexity index is 473. The van der Waals surface area contributed by atoms with E-state index in [1.165, 1.54) is 6.42 Å². The molecule has 2 aliphatic rings. The third kappa shape index (κ3) is 3.38. The van der Waals surface area contributed by atoms with Gasteiger partial charge in [0.1, 0.15) is 0 Å². The number of nitrogens with zero attached hydrogens (tertiary/aromatic N) is 5. The van der Waals surface area contributed by atoms with Crippen molar-refractivity contribution in [1.82, 2.24) is 19.9 Å². The number of hydrogen-bond acceptors (Lipinski definition) is 8. The number of ether oxygens (including phenoxy) is 3. The summed E-state index contributed by atoms with van der Waals surface area (Å²) in [6.45, 7) is 5.51. The summed E-state index contributed by atoms with van der Waals surface area (Å²) in [4.78, 5) is 17.5. The van der Waals surface area contributed by atoms with Gasteiger partial charge in [-0.15, -0.1) is 4.98 Å². The Morgan fingerprint density at radius 3 is 2.32 bits per heavy atom. The maximum atomic E-state index is 5.44. The van der Waals surface area contributed by atoms with Crippen molar-refractivity contribution in [1.29, 1.82) is 0 Å². The van der Waals surface area contributed by atoms with Crippen LogP contribution in [-0.4, -0.2) is 79.5 Å². The van der Waals surface area contributed by atoms with Crippen molar-refractivity contribution in [3.05, 3.63) is 0 Å². The van der Waals surface area contributed by atoms with Gasteiger partial charge in [-0.1, -0.05) is 0 Å². The van der Waals surface area contributed by atoms with Gasteiger partial charge in [0, 0.05) is 32.2 Å². The Hall–Kier alpha value is -1.67. The SMILES string of the molecule is COc1nc(OC)nc(N2CCCC(N3CCOCC3)C2)n1. The molecular weight excluding hydrogens is 286 g/mol. The second-order valence-corrected chi connectivity index (χ2v) is 5.50. The van der Waals surface area contributed by atoms with Gasteiger partial charge in [-0.3, -0.25) is 4.90 Å². The lowest BCUT2D eigenvalue weighted by molar-refractivity contribution is 0.0136. The number of methoxy groups -OCH3 is 2. The molecule has 3 rings (SSSR count). The van der Waals surface area contributed by atoms with E-state index >= 15 is 0 Å². The van der Waals surface area contributed by atoms with Crippen LogP contribution >= 0.6 is 0 Å². The lowest BCUT2D eigenvalue weighted by Gasteiger charge is -2.40. The van der Waals surface area contributed by atoms with Gasteiger partial charge in [0.2, 0.25) is 5.95 Å². The molecule has 2 fully saturated rings. The fourth-order valence-electron chi connectivity index (χ4n) is 3.03. The standard InChI is InChI=1S/C14H23N5O3/c1-20-13-15-12(16-14(17-13)21-2)19-5-3-4-11(10-19)18-6-8-22-9-7-18/h11H,3-10H2,1-2H3. The van der Waals surface area contributed by atoms with Gasteiger partial charge in [-0.25, -0.2) is 0 Å². The van der Waals surface area contributed by atoms with Crippen LogP contribution in [0.5, 0.6) is 12.0 Å². The summed E-state index contributed by atoms with van der Waals surface area (Å²) >= 11 is 0. The van der Waals surface area contributed by atoms with Crippen LogP contribution in [0.1, 0.15) is 12.8 Å². The van der Waals surface area contributed by atoms with Crippen molar-refractivity contribution in [2.75, 3.05) is 58.5 Å². The van der Waals surface area contributed by atoms with Crippen LogP contribution in [0, 0.1) is 0 Å². The molecule has 0 N–H and O–H groups in total. The predicted octanol–water partition coefficient (Wildman–Crippen LogP) is 0.190. The Morgan fingerprint density at radius 1 is 1.00 bits per heavy atom. The quantitative estimate of drug-likeness (QED) is 0.780. The van der Waals surface area contributed by atoms with Crippen molar-refractivity contribution in [2.45, 2.75) is 18.9 Å². The molecule has 2 saturated heterocycles. The molecule has 22 heavy (non-hydrogen) atoms. The predicted molar refractivity (Wildman–Crippen MR) is 80.6 cm³/mol. The van der Waals surface area contributed by atoms with Crippen LogP contribution in [0.4, 0.5) is 5.95 Å². The van der Waals surface area contributed by atoms with Crippen LogP contribution in [0.15, 0.2) is 0 Å². The zero-order valence-electron chi connectivity index (χ0n) is 13.2. The van der Waals surface area contributed by atoms with Gasteiger partial charge in [0.15, 0.2) is 0 Å². The van der Waals surface area contributed by atoms with E-state index in [0.717, 1.165) is 45.8 Å². The van der Waals surface area contributed by atoms with Crippen molar-refractivity contribution in [3.8, 4) is 12.0 Å². The van der Waals surface area contributed by atoms with Gasteiger partial charge in [-0.05, 0) is 12.8 Å². The molecule has 0 aliphatic carbocycles. The maximum absolute atomic E-state index is 5.44. The fraction of sp³-hybridized carbons (Fsp3) is 0.786. The lowest BCUT2D eigenvalue weighted by Crippen LogP contribution is -2.52. The monoisotopic (exact) mass is 309 g/mol. The molecule has 3 heterocycles. The number of hydrogen-bond donors (Lipinski definition) is 0. The molecule has 1 aromatic rings. The van der Waals surface area contributed by atoms with E-state index in [2.05, 4.69) is 24.8 Å². The van der Waals surface area contributed by atoms with Crippen molar-refractivity contribution < 1.29 is 14.2 Å². The Labute approximate surface area is 130 Å². The molecule has 0 saturated carbocycles. The number of aromatic nitrogens is 3. The second kappa shape index (κ2) is 7.06. The minimum atomic E-state index is 0.287. The summed E-state index contributed by atoms with van der Waals surface area (Å²) in [5.74, 6) is 0.627. The Balaban J connectivity index is 1.73. The van der Waals surface area contributed by atoms with Crippen LogP contribution in [0.3, 0.4) is 0 Å². The van der Waals surface area contributed by atoms with Gasteiger partial charge in [0.25, 0.3) is 0 Å². The summed E-state index contributed by atoms with van der Waals surface area (Å²) < 4.78 is 15.7. The molecule has 1 atom stereocenters. The highest BCUT2D eigenvalue weighted by atomic mass is 16.5. The summed E-state index contributed by atoms with van der Waals surface area (Å²) in [5, 5.41) is 0. The van der Waals surface area contributed by atoms with E-state index in [0.29, 0.717) is 12.0 Å².